The number of hydrogen-bond acceptors (Lipinski definition) is 0. The predicted octanol–water partition coefficient (Wildman–Crippen LogP) is 3.65. The van der Waals surface area contributed by atoms with Gasteiger partial charge in [-0.2, -0.15) is 0 Å². The van der Waals surface area contributed by atoms with Gasteiger partial charge in [0.05, 0.1) is 0 Å². The van der Waals surface area contributed by atoms with Gasteiger partial charge in [-0.1, -0.05) is 34.1 Å². The van der Waals surface area contributed by atoms with Crippen molar-refractivity contribution in [2.45, 2.75) is 52.4 Å². The minimum Gasteiger partial charge on any atom is -0.364 e. The first kappa shape index (κ1) is 10.4. The molecule has 0 radical (unpaired) electrons. The molecule has 0 aliphatic heterocycles. The molecule has 0 aromatic carbocycles. The minimum atomic E-state index is 0.254. The van der Waals surface area contributed by atoms with Crippen molar-refractivity contribution < 1.29 is 0 Å². The number of nitrogens with one attached hydrogen (secondary N) is 1. The second-order valence-electron chi connectivity index (χ2n) is 4.78. The van der Waals surface area contributed by atoms with Crippen LogP contribution in [0.1, 0.15) is 51.8 Å². The van der Waals surface area contributed by atoms with Crippen LogP contribution in [-0.4, -0.2) is 4.98 Å². The summed E-state index contributed by atoms with van der Waals surface area (Å²) in [7, 11) is 0. The first-order chi connectivity index (χ1) is 6.04. The zero-order valence-electron chi connectivity index (χ0n) is 9.28. The highest BCUT2D eigenvalue weighted by atomic mass is 14.7. The van der Waals surface area contributed by atoms with Crippen molar-refractivity contribution in [2.75, 3.05) is 0 Å². The molecule has 0 saturated heterocycles. The van der Waals surface area contributed by atoms with Gasteiger partial charge in [0, 0.05) is 17.3 Å². The topological polar surface area (TPSA) is 15.8 Å². The Morgan fingerprint density at radius 1 is 1.31 bits per heavy atom. The van der Waals surface area contributed by atoms with Crippen LogP contribution in [0.4, 0.5) is 0 Å². The van der Waals surface area contributed by atoms with Gasteiger partial charge >= 0.3 is 0 Å². The lowest BCUT2D eigenvalue weighted by Crippen LogP contribution is -2.10. The second kappa shape index (κ2) is 3.99. The largest absolute Gasteiger partial charge is 0.364 e. The third-order valence-corrected chi connectivity index (χ3v) is 2.37. The van der Waals surface area contributed by atoms with Gasteiger partial charge in [-0.05, 0) is 24.5 Å². The van der Waals surface area contributed by atoms with E-state index in [-0.39, 0.29) is 5.41 Å². The molecule has 0 aliphatic carbocycles. The Kier molecular flexibility index (Phi) is 3.18. The third kappa shape index (κ3) is 2.91. The van der Waals surface area contributed by atoms with Gasteiger partial charge in [-0.25, -0.2) is 0 Å². The number of aromatic amines is 1. The van der Waals surface area contributed by atoms with Crippen molar-refractivity contribution in [3.05, 3.63) is 23.5 Å². The summed E-state index contributed by atoms with van der Waals surface area (Å²) in [6.45, 7) is 8.95. The van der Waals surface area contributed by atoms with Crippen molar-refractivity contribution in [3.63, 3.8) is 0 Å². The van der Waals surface area contributed by atoms with Gasteiger partial charge < -0.3 is 4.98 Å². The molecule has 1 N–H and O–H groups in total. The van der Waals surface area contributed by atoms with E-state index in [0.717, 1.165) is 0 Å². The molecule has 0 saturated carbocycles. The fourth-order valence-corrected chi connectivity index (χ4v) is 1.40. The molecule has 0 atom stereocenters. The van der Waals surface area contributed by atoms with E-state index in [9.17, 15) is 0 Å². The summed E-state index contributed by atoms with van der Waals surface area (Å²) in [5, 5.41) is 0. The number of hydrogen-bond donors (Lipinski definition) is 1. The number of rotatable bonds is 3. The summed E-state index contributed by atoms with van der Waals surface area (Å²) in [6.07, 6.45) is 5.93. The zero-order chi connectivity index (χ0) is 9.90. The highest BCUT2D eigenvalue weighted by Crippen LogP contribution is 2.22. The summed E-state index contributed by atoms with van der Waals surface area (Å²) < 4.78 is 0. The molecule has 0 unspecified atom stereocenters. The van der Waals surface area contributed by atoms with Crippen LogP contribution in [0.5, 0.6) is 0 Å². The molecular weight excluding hydrogens is 158 g/mol. The molecule has 1 rings (SSSR count). The van der Waals surface area contributed by atoms with Crippen LogP contribution in [0.15, 0.2) is 12.3 Å². The van der Waals surface area contributed by atoms with Crippen LogP contribution < -0.4 is 0 Å². The molecule has 1 aromatic rings. The van der Waals surface area contributed by atoms with Crippen molar-refractivity contribution >= 4 is 0 Å². The van der Waals surface area contributed by atoms with Gasteiger partial charge in [-0.3, -0.25) is 0 Å². The van der Waals surface area contributed by atoms with Crippen LogP contribution >= 0.6 is 0 Å². The molecule has 1 aromatic heterocycles. The molecule has 0 bridgehead atoms. The first-order valence-electron chi connectivity index (χ1n) is 5.22. The van der Waals surface area contributed by atoms with E-state index in [1.807, 2.05) is 0 Å². The lowest BCUT2D eigenvalue weighted by Gasteiger charge is -2.15. The molecule has 1 heterocycles. The first-order valence-corrected chi connectivity index (χ1v) is 5.22. The lowest BCUT2D eigenvalue weighted by molar-refractivity contribution is 0.572. The molecule has 0 spiro atoms. The van der Waals surface area contributed by atoms with Crippen LogP contribution in [0.3, 0.4) is 0 Å². The van der Waals surface area contributed by atoms with Crippen LogP contribution in [-0.2, 0) is 11.8 Å². The summed E-state index contributed by atoms with van der Waals surface area (Å²) in [5.41, 5.74) is 3.05. The Morgan fingerprint density at radius 3 is 2.46 bits per heavy atom. The Bertz CT molecular complexity index is 252. The SMILES string of the molecule is CCCCc1c[nH]c(C(C)(C)C)c1. The molecule has 13 heavy (non-hydrogen) atoms. The van der Waals surface area contributed by atoms with E-state index in [4.69, 9.17) is 0 Å². The fourth-order valence-electron chi connectivity index (χ4n) is 1.40. The Morgan fingerprint density at radius 2 is 2.00 bits per heavy atom. The summed E-state index contributed by atoms with van der Waals surface area (Å²) in [6, 6.07) is 2.30. The summed E-state index contributed by atoms with van der Waals surface area (Å²) >= 11 is 0. The van der Waals surface area contributed by atoms with Crippen LogP contribution in [0.2, 0.25) is 0 Å². The van der Waals surface area contributed by atoms with E-state index >= 15 is 0 Å². The maximum atomic E-state index is 3.35. The van der Waals surface area contributed by atoms with Gasteiger partial charge in [0.15, 0.2) is 0 Å². The molecule has 0 fully saturated rings. The average Bonchev–Trinajstić information content (AvgIpc) is 2.47. The van der Waals surface area contributed by atoms with E-state index in [0.29, 0.717) is 0 Å². The Hall–Kier alpha value is -0.720. The van der Waals surface area contributed by atoms with E-state index in [1.165, 1.54) is 30.5 Å². The molecule has 1 heteroatoms. The average molecular weight is 179 g/mol. The minimum absolute atomic E-state index is 0.254. The van der Waals surface area contributed by atoms with E-state index in [2.05, 4.69) is 44.9 Å². The Balaban J connectivity index is 2.64. The van der Waals surface area contributed by atoms with Crippen LogP contribution in [0.25, 0.3) is 0 Å². The summed E-state index contributed by atoms with van der Waals surface area (Å²) in [5.74, 6) is 0. The molecule has 74 valence electrons. The van der Waals surface area contributed by atoms with Gasteiger partial charge in [-0.15, -0.1) is 0 Å². The molecule has 0 amide bonds. The molecule has 1 nitrogen and oxygen atoms in total. The highest BCUT2D eigenvalue weighted by Gasteiger charge is 2.14. The number of unbranched alkanes of at least 4 members (excludes halogenated alkanes) is 1. The fraction of sp³-hybridized carbons (Fsp3) is 0.667. The molecule has 0 aliphatic rings. The standard InChI is InChI=1S/C12H21N/c1-5-6-7-10-8-11(13-9-10)12(2,3)4/h8-9,13H,5-7H2,1-4H3. The smallest absolute Gasteiger partial charge is 0.0204 e. The second-order valence-corrected chi connectivity index (χ2v) is 4.78. The normalized spacial score (nSPS) is 12.0. The van der Waals surface area contributed by atoms with Crippen molar-refractivity contribution in [2.24, 2.45) is 0 Å². The number of H-pyrrole nitrogens is 1. The highest BCUT2D eigenvalue weighted by molar-refractivity contribution is 5.22. The van der Waals surface area contributed by atoms with Gasteiger partial charge in [0.1, 0.15) is 0 Å². The van der Waals surface area contributed by atoms with E-state index < -0.39 is 0 Å². The van der Waals surface area contributed by atoms with Crippen molar-refractivity contribution in [1.29, 1.82) is 0 Å². The Labute approximate surface area is 81.6 Å². The lowest BCUT2D eigenvalue weighted by atomic mass is 9.92. The quantitative estimate of drug-likeness (QED) is 0.729. The maximum Gasteiger partial charge on any atom is 0.0204 e. The van der Waals surface area contributed by atoms with Gasteiger partial charge in [0.25, 0.3) is 0 Å². The number of aryl methyl sites for hydroxylation is 1. The molecular formula is C12H21N. The maximum absolute atomic E-state index is 3.35. The van der Waals surface area contributed by atoms with Gasteiger partial charge in [0.2, 0.25) is 0 Å². The van der Waals surface area contributed by atoms with Crippen molar-refractivity contribution in [3.8, 4) is 0 Å². The monoisotopic (exact) mass is 179 g/mol. The number of aromatic nitrogens is 1. The van der Waals surface area contributed by atoms with E-state index in [1.54, 1.807) is 0 Å². The van der Waals surface area contributed by atoms with Crippen LogP contribution in [0, 0.1) is 0 Å². The summed E-state index contributed by atoms with van der Waals surface area (Å²) in [4.78, 5) is 3.35. The zero-order valence-corrected chi connectivity index (χ0v) is 9.28. The third-order valence-electron chi connectivity index (χ3n) is 2.37. The predicted molar refractivity (Wildman–Crippen MR) is 58.1 cm³/mol. The van der Waals surface area contributed by atoms with Crippen molar-refractivity contribution in [1.82, 2.24) is 4.98 Å².